The van der Waals surface area contributed by atoms with Crippen molar-refractivity contribution in [2.75, 3.05) is 19.5 Å². The van der Waals surface area contributed by atoms with Crippen LogP contribution in [0.1, 0.15) is 11.3 Å². The quantitative estimate of drug-likeness (QED) is 0.403. The van der Waals surface area contributed by atoms with E-state index in [9.17, 15) is 9.59 Å². The summed E-state index contributed by atoms with van der Waals surface area (Å²) in [6.07, 6.45) is -0.0632. The topological polar surface area (TPSA) is 93.3 Å². The molecule has 3 rings (SSSR count). The molecule has 7 nitrogen and oxygen atoms in total. The van der Waals surface area contributed by atoms with Gasteiger partial charge >= 0.3 is 0 Å². The zero-order chi connectivity index (χ0) is 21.5. The highest BCUT2D eigenvalue weighted by molar-refractivity contribution is 7.98. The van der Waals surface area contributed by atoms with Gasteiger partial charge in [-0.3, -0.25) is 9.59 Å². The third kappa shape index (κ3) is 6.01. The fourth-order valence-corrected chi connectivity index (χ4v) is 3.70. The Labute approximate surface area is 182 Å². The monoisotopic (exact) mass is 445 g/mol. The van der Waals surface area contributed by atoms with Crippen LogP contribution in [0.5, 0.6) is 11.5 Å². The van der Waals surface area contributed by atoms with Crippen molar-refractivity contribution in [2.45, 2.75) is 17.3 Å². The average Bonchev–Trinajstić information content (AvgIpc) is 2.72. The van der Waals surface area contributed by atoms with Crippen molar-refractivity contribution in [3.05, 3.63) is 75.2 Å². The van der Waals surface area contributed by atoms with Gasteiger partial charge in [-0.1, -0.05) is 35.5 Å². The summed E-state index contributed by atoms with van der Waals surface area (Å²) < 4.78 is 10.4. The number of benzene rings is 2. The molecule has 0 saturated carbocycles. The number of aromatic nitrogens is 2. The highest BCUT2D eigenvalue weighted by Crippen LogP contribution is 2.28. The fourth-order valence-electron chi connectivity index (χ4n) is 2.69. The van der Waals surface area contributed by atoms with E-state index in [0.29, 0.717) is 33.1 Å². The molecule has 2 N–H and O–H groups in total. The Bertz CT molecular complexity index is 1100. The van der Waals surface area contributed by atoms with E-state index in [1.54, 1.807) is 25.3 Å². The first-order valence-corrected chi connectivity index (χ1v) is 10.3. The number of nitrogens with one attached hydrogen (secondary N) is 2. The van der Waals surface area contributed by atoms with Crippen LogP contribution in [0.15, 0.2) is 58.5 Å². The van der Waals surface area contributed by atoms with Crippen LogP contribution in [0.3, 0.4) is 0 Å². The number of nitrogens with zero attached hydrogens (tertiary/aromatic N) is 1. The van der Waals surface area contributed by atoms with Crippen LogP contribution in [-0.4, -0.2) is 30.1 Å². The summed E-state index contributed by atoms with van der Waals surface area (Å²) in [4.78, 5) is 31.5. The fraction of sp³-hybridized carbons (Fsp3) is 0.190. The number of halogens is 1. The molecule has 3 aromatic rings. The minimum atomic E-state index is -0.336. The lowest BCUT2D eigenvalue weighted by molar-refractivity contribution is -0.115. The van der Waals surface area contributed by atoms with E-state index in [4.69, 9.17) is 21.1 Å². The number of carbonyl (C=O) groups is 1. The third-order valence-electron chi connectivity index (χ3n) is 4.06. The van der Waals surface area contributed by atoms with Gasteiger partial charge in [0.2, 0.25) is 5.91 Å². The van der Waals surface area contributed by atoms with Crippen LogP contribution in [0, 0.1) is 0 Å². The molecule has 9 heteroatoms. The molecular formula is C21H20ClN3O4S. The molecule has 0 aliphatic heterocycles. The first-order valence-electron chi connectivity index (χ1n) is 8.96. The van der Waals surface area contributed by atoms with Gasteiger partial charge in [-0.05, 0) is 35.9 Å². The molecule has 0 aliphatic rings. The first kappa shape index (κ1) is 21.7. The van der Waals surface area contributed by atoms with Crippen LogP contribution >= 0.6 is 23.4 Å². The van der Waals surface area contributed by atoms with E-state index >= 15 is 0 Å². The maximum absolute atomic E-state index is 12.5. The van der Waals surface area contributed by atoms with Crippen LogP contribution < -0.4 is 20.3 Å². The molecule has 30 heavy (non-hydrogen) atoms. The summed E-state index contributed by atoms with van der Waals surface area (Å²) in [5.74, 6) is 1.50. The van der Waals surface area contributed by atoms with Gasteiger partial charge in [0.1, 0.15) is 11.5 Å². The van der Waals surface area contributed by atoms with Gasteiger partial charge in [-0.15, -0.1) is 0 Å². The highest BCUT2D eigenvalue weighted by Gasteiger charge is 2.12. The van der Waals surface area contributed by atoms with Crippen LogP contribution in [-0.2, 0) is 17.0 Å². The highest BCUT2D eigenvalue weighted by atomic mass is 35.5. The average molecular weight is 446 g/mol. The lowest BCUT2D eigenvalue weighted by atomic mass is 10.2. The maximum Gasteiger partial charge on any atom is 0.251 e. The Morgan fingerprint density at radius 2 is 2.00 bits per heavy atom. The van der Waals surface area contributed by atoms with E-state index in [2.05, 4.69) is 15.3 Å². The number of carbonyl (C=O) groups excluding carboxylic acids is 1. The lowest BCUT2D eigenvalue weighted by Gasteiger charge is -2.10. The Morgan fingerprint density at radius 3 is 2.77 bits per heavy atom. The molecule has 0 aliphatic carbocycles. The molecule has 1 heterocycles. The number of amides is 1. The number of hydrogen-bond acceptors (Lipinski definition) is 6. The molecule has 0 atom stereocenters. The molecule has 0 spiro atoms. The van der Waals surface area contributed by atoms with E-state index in [-0.39, 0.29) is 17.9 Å². The second-order valence-corrected chi connectivity index (χ2v) is 7.65. The van der Waals surface area contributed by atoms with Gasteiger partial charge in [-0.25, -0.2) is 4.98 Å². The lowest BCUT2D eigenvalue weighted by Crippen LogP contribution is -2.18. The molecule has 0 bridgehead atoms. The number of methoxy groups -OCH3 is 2. The van der Waals surface area contributed by atoms with Crippen molar-refractivity contribution < 1.29 is 14.3 Å². The van der Waals surface area contributed by atoms with Crippen molar-refractivity contribution in [3.63, 3.8) is 0 Å². The molecule has 1 aromatic heterocycles. The number of anilines is 1. The Kier molecular flexibility index (Phi) is 7.37. The Morgan fingerprint density at radius 1 is 1.17 bits per heavy atom. The minimum Gasteiger partial charge on any atom is -0.497 e. The van der Waals surface area contributed by atoms with Crippen molar-refractivity contribution in [3.8, 4) is 11.5 Å². The van der Waals surface area contributed by atoms with Gasteiger partial charge in [-0.2, -0.15) is 0 Å². The second kappa shape index (κ2) is 10.2. The van der Waals surface area contributed by atoms with Crippen molar-refractivity contribution in [1.29, 1.82) is 0 Å². The predicted octanol–water partition coefficient (Wildman–Crippen LogP) is 3.91. The Balaban J connectivity index is 1.68. The second-order valence-electron chi connectivity index (χ2n) is 6.25. The summed E-state index contributed by atoms with van der Waals surface area (Å²) in [6.45, 7) is 0. The summed E-state index contributed by atoms with van der Waals surface area (Å²) in [5, 5.41) is 3.65. The van der Waals surface area contributed by atoms with Crippen LogP contribution in [0.2, 0.25) is 5.02 Å². The standard InChI is InChI=1S/C21H20ClN3O4S/c1-28-16-5-3-4-13(8-16)12-30-21-23-15(11-20(27)25-21)10-19(26)24-17-9-14(22)6-7-18(17)29-2/h3-9,11H,10,12H2,1-2H3,(H,24,26)(H,23,25,27). The number of hydrogen-bond donors (Lipinski definition) is 2. The van der Waals surface area contributed by atoms with Crippen molar-refractivity contribution in [2.24, 2.45) is 0 Å². The first-order chi connectivity index (χ1) is 14.5. The van der Waals surface area contributed by atoms with Gasteiger partial charge in [0.25, 0.3) is 5.56 Å². The summed E-state index contributed by atoms with van der Waals surface area (Å²) >= 11 is 7.36. The molecule has 0 radical (unpaired) electrons. The molecule has 0 saturated heterocycles. The van der Waals surface area contributed by atoms with Gasteiger partial charge in [0.05, 0.1) is 32.0 Å². The number of rotatable bonds is 8. The van der Waals surface area contributed by atoms with Gasteiger partial charge in [0, 0.05) is 16.8 Å². The molecule has 0 unspecified atom stereocenters. The van der Waals surface area contributed by atoms with Crippen LogP contribution in [0.4, 0.5) is 5.69 Å². The number of H-pyrrole nitrogens is 1. The summed E-state index contributed by atoms with van der Waals surface area (Å²) in [6, 6.07) is 13.9. The number of aromatic amines is 1. The largest absolute Gasteiger partial charge is 0.497 e. The molecule has 1 amide bonds. The zero-order valence-corrected chi connectivity index (χ0v) is 18.0. The SMILES string of the molecule is COc1cccc(CSc2nc(CC(=O)Nc3cc(Cl)ccc3OC)cc(=O)[nH]2)c1. The molecule has 2 aromatic carbocycles. The maximum atomic E-state index is 12.5. The Hall–Kier alpha value is -2.97. The molecule has 156 valence electrons. The van der Waals surface area contributed by atoms with Gasteiger partial charge < -0.3 is 19.8 Å². The number of ether oxygens (including phenoxy) is 2. The normalized spacial score (nSPS) is 10.5. The summed E-state index contributed by atoms with van der Waals surface area (Å²) in [7, 11) is 3.11. The molecular weight excluding hydrogens is 426 g/mol. The van der Waals surface area contributed by atoms with E-state index in [1.807, 2.05) is 24.3 Å². The predicted molar refractivity (Wildman–Crippen MR) is 118 cm³/mol. The van der Waals surface area contributed by atoms with Crippen LogP contribution in [0.25, 0.3) is 0 Å². The van der Waals surface area contributed by atoms with Crippen molar-refractivity contribution in [1.82, 2.24) is 9.97 Å². The zero-order valence-electron chi connectivity index (χ0n) is 16.4. The smallest absolute Gasteiger partial charge is 0.251 e. The summed E-state index contributed by atoms with van der Waals surface area (Å²) in [5.41, 5.74) is 1.53. The number of thioether (sulfide) groups is 1. The van der Waals surface area contributed by atoms with E-state index in [0.717, 1.165) is 11.3 Å². The molecule has 0 fully saturated rings. The van der Waals surface area contributed by atoms with E-state index < -0.39 is 0 Å². The van der Waals surface area contributed by atoms with Crippen molar-refractivity contribution >= 4 is 35.0 Å². The third-order valence-corrected chi connectivity index (χ3v) is 5.24. The van der Waals surface area contributed by atoms with E-state index in [1.165, 1.54) is 24.9 Å². The minimum absolute atomic E-state index is 0.0632. The van der Waals surface area contributed by atoms with Gasteiger partial charge in [0.15, 0.2) is 5.16 Å².